The Morgan fingerprint density at radius 3 is 2.87 bits per heavy atom. The van der Waals surface area contributed by atoms with E-state index in [2.05, 4.69) is 17.4 Å². The summed E-state index contributed by atoms with van der Waals surface area (Å²) >= 11 is 0. The summed E-state index contributed by atoms with van der Waals surface area (Å²) in [7, 11) is 0. The van der Waals surface area contributed by atoms with E-state index in [-0.39, 0.29) is 12.1 Å². The van der Waals surface area contributed by atoms with Crippen LogP contribution in [0.1, 0.15) is 48.8 Å². The first-order valence-corrected chi connectivity index (χ1v) is 8.06. The van der Waals surface area contributed by atoms with Gasteiger partial charge in [-0.15, -0.1) is 0 Å². The van der Waals surface area contributed by atoms with Crippen molar-refractivity contribution in [1.29, 1.82) is 0 Å². The second kappa shape index (κ2) is 6.48. The molecule has 23 heavy (non-hydrogen) atoms. The monoisotopic (exact) mass is 317 g/mol. The molecule has 3 rings (SSSR count). The highest BCUT2D eigenvalue weighted by molar-refractivity contribution is 5.74. The highest BCUT2D eigenvalue weighted by Gasteiger charge is 2.32. The molecule has 1 N–H and O–H groups in total. The minimum absolute atomic E-state index is 0.00787. The lowest BCUT2D eigenvalue weighted by Gasteiger charge is -2.37. The highest BCUT2D eigenvalue weighted by Crippen LogP contribution is 2.34. The molecule has 0 spiro atoms. The maximum Gasteiger partial charge on any atom is 0.318 e. The van der Waals surface area contributed by atoms with Gasteiger partial charge in [-0.05, 0) is 44.7 Å². The van der Waals surface area contributed by atoms with E-state index in [0.29, 0.717) is 12.5 Å². The van der Waals surface area contributed by atoms with Crippen LogP contribution in [0, 0.1) is 19.8 Å². The van der Waals surface area contributed by atoms with E-state index in [1.54, 1.807) is 0 Å². The molecule has 1 fully saturated rings. The van der Waals surface area contributed by atoms with Crippen LogP contribution in [0.4, 0.5) is 4.79 Å². The number of nitrogens with zero attached hydrogens (tertiary/aromatic N) is 2. The zero-order valence-electron chi connectivity index (χ0n) is 13.8. The molecular weight excluding hydrogens is 294 g/mol. The predicted molar refractivity (Wildman–Crippen MR) is 84.8 cm³/mol. The van der Waals surface area contributed by atoms with Crippen molar-refractivity contribution in [3.63, 3.8) is 0 Å². The number of hydrogen-bond acceptors (Lipinski definition) is 4. The molecule has 2 amide bonds. The summed E-state index contributed by atoms with van der Waals surface area (Å²) in [6.07, 6.45) is 1.93. The van der Waals surface area contributed by atoms with Gasteiger partial charge in [-0.3, -0.25) is 0 Å². The molecule has 0 aliphatic carbocycles. The number of carbonyl (C=O) groups is 1. The second-order valence-electron chi connectivity index (χ2n) is 6.37. The number of aromatic nitrogens is 1. The molecular formula is C17H23N3O3. The molecule has 0 aromatic carbocycles. The van der Waals surface area contributed by atoms with Gasteiger partial charge in [0.25, 0.3) is 0 Å². The quantitative estimate of drug-likeness (QED) is 0.939. The average molecular weight is 317 g/mol. The van der Waals surface area contributed by atoms with Gasteiger partial charge in [0.15, 0.2) is 0 Å². The molecule has 0 radical (unpaired) electrons. The molecule has 2 atom stereocenters. The Balaban J connectivity index is 1.68. The van der Waals surface area contributed by atoms with E-state index < -0.39 is 0 Å². The molecule has 0 bridgehead atoms. The Kier molecular flexibility index (Phi) is 4.41. The third-order valence-electron chi connectivity index (χ3n) is 4.31. The van der Waals surface area contributed by atoms with Crippen LogP contribution in [0.3, 0.4) is 0 Å². The minimum atomic E-state index is -0.0865. The summed E-state index contributed by atoms with van der Waals surface area (Å²) in [5, 5.41) is 6.82. The number of aryl methyl sites for hydroxylation is 2. The Bertz CT molecular complexity index is 676. The van der Waals surface area contributed by atoms with Crippen molar-refractivity contribution in [2.45, 2.75) is 46.2 Å². The number of hydrogen-bond donors (Lipinski definition) is 1. The summed E-state index contributed by atoms with van der Waals surface area (Å²) in [6, 6.07) is 5.65. The summed E-state index contributed by atoms with van der Waals surface area (Å²) in [5.74, 6) is 3.05. The van der Waals surface area contributed by atoms with Crippen molar-refractivity contribution in [1.82, 2.24) is 15.4 Å². The molecule has 124 valence electrons. The van der Waals surface area contributed by atoms with Gasteiger partial charge < -0.3 is 19.2 Å². The van der Waals surface area contributed by atoms with Crippen LogP contribution in [-0.4, -0.2) is 22.6 Å². The van der Waals surface area contributed by atoms with Gasteiger partial charge in [-0.1, -0.05) is 12.1 Å². The van der Waals surface area contributed by atoms with Crippen LogP contribution >= 0.6 is 0 Å². The molecule has 6 nitrogen and oxygen atoms in total. The standard InChI is InChI=1S/C17H23N3O3/c1-11-6-7-20(15(8-11)16-5-4-12(2)22-16)17(21)18-10-14-9-13(3)23-19-14/h4-5,9,11,15H,6-8,10H2,1-3H3,(H,18,21)/t11-,15+/m1/s1. The second-order valence-corrected chi connectivity index (χ2v) is 6.37. The van der Waals surface area contributed by atoms with Crippen LogP contribution in [0.25, 0.3) is 0 Å². The third kappa shape index (κ3) is 3.57. The summed E-state index contributed by atoms with van der Waals surface area (Å²) < 4.78 is 10.8. The van der Waals surface area contributed by atoms with Crippen molar-refractivity contribution < 1.29 is 13.7 Å². The smallest absolute Gasteiger partial charge is 0.318 e. The van der Waals surface area contributed by atoms with Crippen molar-refractivity contribution in [3.8, 4) is 0 Å². The van der Waals surface area contributed by atoms with E-state index in [0.717, 1.165) is 42.4 Å². The maximum atomic E-state index is 12.6. The molecule has 0 saturated carbocycles. The number of likely N-dealkylation sites (tertiary alicyclic amines) is 1. The molecule has 1 aliphatic heterocycles. The van der Waals surface area contributed by atoms with Gasteiger partial charge >= 0.3 is 6.03 Å². The average Bonchev–Trinajstić information content (AvgIpc) is 3.13. The molecule has 0 unspecified atom stereocenters. The van der Waals surface area contributed by atoms with E-state index in [1.165, 1.54) is 0 Å². The predicted octanol–water partition coefficient (Wildman–Crippen LogP) is 3.57. The molecule has 6 heteroatoms. The maximum absolute atomic E-state index is 12.6. The Labute approximate surface area is 135 Å². The van der Waals surface area contributed by atoms with Crippen LogP contribution in [0.2, 0.25) is 0 Å². The molecule has 1 saturated heterocycles. The Morgan fingerprint density at radius 1 is 1.39 bits per heavy atom. The molecule has 2 aromatic heterocycles. The fourth-order valence-electron chi connectivity index (χ4n) is 3.06. The number of urea groups is 1. The number of amides is 2. The van der Waals surface area contributed by atoms with E-state index >= 15 is 0 Å². The number of carbonyl (C=O) groups excluding carboxylic acids is 1. The van der Waals surface area contributed by atoms with Crippen LogP contribution in [0.5, 0.6) is 0 Å². The van der Waals surface area contributed by atoms with Gasteiger partial charge in [-0.25, -0.2) is 4.79 Å². The van der Waals surface area contributed by atoms with Gasteiger partial charge in [0.1, 0.15) is 23.0 Å². The summed E-state index contributed by atoms with van der Waals surface area (Å²) in [5.41, 5.74) is 0.728. The molecule has 1 aliphatic rings. The lowest BCUT2D eigenvalue weighted by Crippen LogP contribution is -2.45. The van der Waals surface area contributed by atoms with Gasteiger partial charge in [0.2, 0.25) is 0 Å². The zero-order valence-corrected chi connectivity index (χ0v) is 13.8. The minimum Gasteiger partial charge on any atom is -0.464 e. The third-order valence-corrected chi connectivity index (χ3v) is 4.31. The van der Waals surface area contributed by atoms with E-state index in [1.807, 2.05) is 36.9 Å². The first-order valence-electron chi connectivity index (χ1n) is 8.06. The van der Waals surface area contributed by atoms with Crippen LogP contribution < -0.4 is 5.32 Å². The fourth-order valence-corrected chi connectivity index (χ4v) is 3.06. The summed E-state index contributed by atoms with van der Waals surface area (Å²) in [4.78, 5) is 14.5. The molecule has 3 heterocycles. The summed E-state index contributed by atoms with van der Waals surface area (Å²) in [6.45, 7) is 7.07. The van der Waals surface area contributed by atoms with Gasteiger partial charge in [-0.2, -0.15) is 0 Å². The van der Waals surface area contributed by atoms with Crippen molar-refractivity contribution >= 4 is 6.03 Å². The SMILES string of the molecule is Cc1cc(CNC(=O)N2CC[C@@H](C)C[C@H]2c2ccc(C)o2)no1. The lowest BCUT2D eigenvalue weighted by atomic mass is 9.91. The fraction of sp³-hybridized carbons (Fsp3) is 0.529. The van der Waals surface area contributed by atoms with Crippen molar-refractivity contribution in [3.05, 3.63) is 41.2 Å². The van der Waals surface area contributed by atoms with E-state index in [9.17, 15) is 4.79 Å². The van der Waals surface area contributed by atoms with E-state index in [4.69, 9.17) is 8.94 Å². The van der Waals surface area contributed by atoms with Gasteiger partial charge in [0.05, 0.1) is 12.6 Å². The Morgan fingerprint density at radius 2 is 2.22 bits per heavy atom. The Hall–Kier alpha value is -2.24. The number of furan rings is 1. The van der Waals surface area contributed by atoms with Crippen LogP contribution in [-0.2, 0) is 6.54 Å². The highest BCUT2D eigenvalue weighted by atomic mass is 16.5. The molecule has 2 aromatic rings. The zero-order chi connectivity index (χ0) is 16.4. The lowest BCUT2D eigenvalue weighted by molar-refractivity contribution is 0.118. The topological polar surface area (TPSA) is 71.5 Å². The number of piperidine rings is 1. The first-order chi connectivity index (χ1) is 11.0. The van der Waals surface area contributed by atoms with Gasteiger partial charge in [0, 0.05) is 12.6 Å². The first kappa shape index (κ1) is 15.6. The normalized spacial score (nSPS) is 21.4. The van der Waals surface area contributed by atoms with Crippen LogP contribution in [0.15, 0.2) is 27.1 Å². The number of rotatable bonds is 3. The largest absolute Gasteiger partial charge is 0.464 e. The van der Waals surface area contributed by atoms with Crippen molar-refractivity contribution in [2.24, 2.45) is 5.92 Å². The van der Waals surface area contributed by atoms with Crippen molar-refractivity contribution in [2.75, 3.05) is 6.54 Å². The number of nitrogens with one attached hydrogen (secondary N) is 1.